The van der Waals surface area contributed by atoms with Gasteiger partial charge in [-0.25, -0.2) is 0 Å². The number of ether oxygens (including phenoxy) is 1. The van der Waals surface area contributed by atoms with Crippen LogP contribution in [0.15, 0.2) is 29.3 Å². The molecule has 4 nitrogen and oxygen atoms in total. The quantitative estimate of drug-likeness (QED) is 0.572. The standard InChI is InChI=1S/C17H29N3O/c1-5-14(6-2)13-20-17(18-3)19-12-11-15-7-9-16(21-4)10-8-15/h7-10,14H,5-6,11-13H2,1-4H3,(H2,18,19,20). The van der Waals surface area contributed by atoms with Crippen LogP contribution in [0.3, 0.4) is 0 Å². The van der Waals surface area contributed by atoms with Crippen LogP contribution in [0, 0.1) is 5.92 Å². The molecular weight excluding hydrogens is 262 g/mol. The van der Waals surface area contributed by atoms with Gasteiger partial charge in [0.15, 0.2) is 5.96 Å². The van der Waals surface area contributed by atoms with Gasteiger partial charge in [-0.2, -0.15) is 0 Å². The summed E-state index contributed by atoms with van der Waals surface area (Å²) in [6.45, 7) is 6.32. The van der Waals surface area contributed by atoms with E-state index < -0.39 is 0 Å². The smallest absolute Gasteiger partial charge is 0.190 e. The third-order valence-corrected chi connectivity index (χ3v) is 3.80. The van der Waals surface area contributed by atoms with Gasteiger partial charge >= 0.3 is 0 Å². The predicted molar refractivity (Wildman–Crippen MR) is 90.1 cm³/mol. The maximum absolute atomic E-state index is 5.16. The third kappa shape index (κ3) is 6.52. The second-order valence-electron chi connectivity index (χ2n) is 5.16. The molecule has 0 unspecified atom stereocenters. The highest BCUT2D eigenvalue weighted by Gasteiger charge is 2.04. The van der Waals surface area contributed by atoms with E-state index in [2.05, 4.69) is 41.6 Å². The molecule has 0 amide bonds. The van der Waals surface area contributed by atoms with E-state index in [1.54, 1.807) is 7.11 Å². The number of guanidine groups is 1. The topological polar surface area (TPSA) is 45.7 Å². The van der Waals surface area contributed by atoms with Crippen molar-refractivity contribution in [2.75, 3.05) is 27.2 Å². The first-order chi connectivity index (χ1) is 10.2. The summed E-state index contributed by atoms with van der Waals surface area (Å²) in [5.41, 5.74) is 1.29. The van der Waals surface area contributed by atoms with Gasteiger partial charge in [-0.1, -0.05) is 38.8 Å². The highest BCUT2D eigenvalue weighted by molar-refractivity contribution is 5.79. The van der Waals surface area contributed by atoms with Crippen molar-refractivity contribution in [1.82, 2.24) is 10.6 Å². The van der Waals surface area contributed by atoms with Crippen LogP contribution in [0.25, 0.3) is 0 Å². The van der Waals surface area contributed by atoms with Gasteiger partial charge in [0.1, 0.15) is 5.75 Å². The first-order valence-electron chi connectivity index (χ1n) is 7.80. The van der Waals surface area contributed by atoms with Crippen molar-refractivity contribution in [3.8, 4) is 5.75 Å². The van der Waals surface area contributed by atoms with Gasteiger partial charge < -0.3 is 15.4 Å². The minimum atomic E-state index is 0.713. The molecule has 0 aromatic heterocycles. The molecule has 0 aliphatic heterocycles. The van der Waals surface area contributed by atoms with E-state index in [0.29, 0.717) is 5.92 Å². The monoisotopic (exact) mass is 291 g/mol. The molecule has 0 heterocycles. The molecule has 0 saturated carbocycles. The summed E-state index contributed by atoms with van der Waals surface area (Å²) in [5, 5.41) is 6.75. The van der Waals surface area contributed by atoms with Crippen molar-refractivity contribution in [1.29, 1.82) is 0 Å². The lowest BCUT2D eigenvalue weighted by Crippen LogP contribution is -2.40. The first kappa shape index (κ1) is 17.3. The Labute approximate surface area is 129 Å². The van der Waals surface area contributed by atoms with Crippen LogP contribution in [0.4, 0.5) is 0 Å². The Balaban J connectivity index is 2.31. The van der Waals surface area contributed by atoms with Gasteiger partial charge in [-0.05, 0) is 30.0 Å². The Morgan fingerprint density at radius 3 is 2.33 bits per heavy atom. The van der Waals surface area contributed by atoms with E-state index in [1.165, 1.54) is 18.4 Å². The number of nitrogens with zero attached hydrogens (tertiary/aromatic N) is 1. The molecule has 1 aromatic rings. The van der Waals surface area contributed by atoms with E-state index >= 15 is 0 Å². The normalized spacial score (nSPS) is 11.6. The van der Waals surface area contributed by atoms with Crippen molar-refractivity contribution in [2.45, 2.75) is 33.1 Å². The van der Waals surface area contributed by atoms with Crippen molar-refractivity contribution in [2.24, 2.45) is 10.9 Å². The Hall–Kier alpha value is -1.71. The fraction of sp³-hybridized carbons (Fsp3) is 0.588. The Bertz CT molecular complexity index is 411. The number of hydrogen-bond acceptors (Lipinski definition) is 2. The van der Waals surface area contributed by atoms with E-state index in [9.17, 15) is 0 Å². The lowest BCUT2D eigenvalue weighted by Gasteiger charge is -2.16. The van der Waals surface area contributed by atoms with E-state index in [4.69, 9.17) is 4.74 Å². The van der Waals surface area contributed by atoms with Crippen LogP contribution in [0.2, 0.25) is 0 Å². The van der Waals surface area contributed by atoms with Gasteiger partial charge in [0.25, 0.3) is 0 Å². The van der Waals surface area contributed by atoms with Gasteiger partial charge in [0.05, 0.1) is 7.11 Å². The summed E-state index contributed by atoms with van der Waals surface area (Å²) >= 11 is 0. The largest absolute Gasteiger partial charge is 0.497 e. The van der Waals surface area contributed by atoms with Gasteiger partial charge in [0.2, 0.25) is 0 Å². The molecule has 0 aliphatic carbocycles. The molecule has 0 fully saturated rings. The van der Waals surface area contributed by atoms with Gasteiger partial charge in [0, 0.05) is 20.1 Å². The third-order valence-electron chi connectivity index (χ3n) is 3.80. The number of rotatable bonds is 8. The van der Waals surface area contributed by atoms with Gasteiger partial charge in [-0.3, -0.25) is 4.99 Å². The molecule has 2 N–H and O–H groups in total. The predicted octanol–water partition coefficient (Wildman–Crippen LogP) is 2.84. The molecule has 4 heteroatoms. The summed E-state index contributed by atoms with van der Waals surface area (Å²) in [6, 6.07) is 8.19. The summed E-state index contributed by atoms with van der Waals surface area (Å²) < 4.78 is 5.16. The van der Waals surface area contributed by atoms with Crippen molar-refractivity contribution < 1.29 is 4.74 Å². The average molecular weight is 291 g/mol. The van der Waals surface area contributed by atoms with Gasteiger partial charge in [-0.15, -0.1) is 0 Å². The first-order valence-corrected chi connectivity index (χ1v) is 7.80. The number of hydrogen-bond donors (Lipinski definition) is 2. The zero-order valence-corrected chi connectivity index (χ0v) is 13.8. The summed E-state index contributed by atoms with van der Waals surface area (Å²) in [4.78, 5) is 4.26. The van der Waals surface area contributed by atoms with Crippen molar-refractivity contribution in [3.63, 3.8) is 0 Å². The van der Waals surface area contributed by atoms with Crippen LogP contribution < -0.4 is 15.4 Å². The molecule has 0 radical (unpaired) electrons. The molecule has 1 rings (SSSR count). The molecule has 0 bridgehead atoms. The Morgan fingerprint density at radius 2 is 1.81 bits per heavy atom. The number of nitrogens with one attached hydrogen (secondary N) is 2. The highest BCUT2D eigenvalue weighted by atomic mass is 16.5. The molecule has 118 valence electrons. The lowest BCUT2D eigenvalue weighted by atomic mass is 10.0. The number of methoxy groups -OCH3 is 1. The zero-order valence-electron chi connectivity index (χ0n) is 13.8. The van der Waals surface area contributed by atoms with Crippen molar-refractivity contribution in [3.05, 3.63) is 29.8 Å². The van der Waals surface area contributed by atoms with Crippen LogP contribution in [-0.4, -0.2) is 33.2 Å². The maximum Gasteiger partial charge on any atom is 0.190 e. The molecular formula is C17H29N3O. The molecule has 1 aromatic carbocycles. The van der Waals surface area contributed by atoms with E-state index in [1.807, 2.05) is 19.2 Å². The fourth-order valence-electron chi connectivity index (χ4n) is 2.16. The summed E-state index contributed by atoms with van der Waals surface area (Å²) in [7, 11) is 3.50. The lowest BCUT2D eigenvalue weighted by molar-refractivity contribution is 0.414. The minimum absolute atomic E-state index is 0.713. The van der Waals surface area contributed by atoms with Crippen LogP contribution in [0.1, 0.15) is 32.3 Å². The molecule has 21 heavy (non-hydrogen) atoms. The Kier molecular flexibility index (Phi) is 8.32. The molecule has 0 spiro atoms. The molecule has 0 saturated heterocycles. The summed E-state index contributed by atoms with van der Waals surface area (Å²) in [5.74, 6) is 2.50. The van der Waals surface area contributed by atoms with Crippen LogP contribution in [-0.2, 0) is 6.42 Å². The maximum atomic E-state index is 5.16. The van der Waals surface area contributed by atoms with Crippen LogP contribution >= 0.6 is 0 Å². The zero-order chi connectivity index (χ0) is 15.5. The second-order valence-corrected chi connectivity index (χ2v) is 5.16. The average Bonchev–Trinajstić information content (AvgIpc) is 2.54. The van der Waals surface area contributed by atoms with Crippen molar-refractivity contribution >= 4 is 5.96 Å². The SMILES string of the molecule is CCC(CC)CNC(=NC)NCCc1ccc(OC)cc1. The molecule has 0 aliphatic rings. The Morgan fingerprint density at radius 1 is 1.14 bits per heavy atom. The highest BCUT2D eigenvalue weighted by Crippen LogP contribution is 2.11. The fourth-order valence-corrected chi connectivity index (χ4v) is 2.16. The minimum Gasteiger partial charge on any atom is -0.497 e. The number of aliphatic imine (C=N–C) groups is 1. The van der Waals surface area contributed by atoms with E-state index in [0.717, 1.165) is 31.2 Å². The molecule has 0 atom stereocenters. The second kappa shape index (κ2) is 10.1. The summed E-state index contributed by atoms with van der Waals surface area (Å²) in [6.07, 6.45) is 3.37. The van der Waals surface area contributed by atoms with E-state index in [-0.39, 0.29) is 0 Å². The number of benzene rings is 1. The van der Waals surface area contributed by atoms with Crippen LogP contribution in [0.5, 0.6) is 5.75 Å².